The van der Waals surface area contributed by atoms with Crippen molar-refractivity contribution in [1.29, 1.82) is 0 Å². The molecule has 182 valence electrons. The summed E-state index contributed by atoms with van der Waals surface area (Å²) in [5.74, 6) is 1.37. The fourth-order valence-corrected chi connectivity index (χ4v) is 6.08. The van der Waals surface area contributed by atoms with Crippen molar-refractivity contribution in [2.75, 3.05) is 39.1 Å². The molecule has 1 fully saturated rings. The highest BCUT2D eigenvalue weighted by molar-refractivity contribution is 8.00. The second-order valence-electron chi connectivity index (χ2n) is 9.97. The minimum atomic E-state index is -0.750. The van der Waals surface area contributed by atoms with Gasteiger partial charge in [-0.3, -0.25) is 9.78 Å². The summed E-state index contributed by atoms with van der Waals surface area (Å²) in [5.41, 5.74) is 2.02. The molecule has 3 rings (SSSR count). The van der Waals surface area contributed by atoms with Crippen molar-refractivity contribution in [3.8, 4) is 5.75 Å². The van der Waals surface area contributed by atoms with Gasteiger partial charge in [0.2, 0.25) is 0 Å². The topological polar surface area (TPSA) is 82.9 Å². The summed E-state index contributed by atoms with van der Waals surface area (Å²) >= 11 is 1.95. The molecule has 1 aliphatic heterocycles. The van der Waals surface area contributed by atoms with E-state index in [1.165, 1.54) is 0 Å². The van der Waals surface area contributed by atoms with Crippen LogP contribution in [0.15, 0.2) is 30.5 Å². The molecule has 6 nitrogen and oxygen atoms in total. The van der Waals surface area contributed by atoms with Crippen molar-refractivity contribution in [2.45, 2.75) is 50.7 Å². The fourth-order valence-electron chi connectivity index (χ4n) is 5.12. The molecular weight excluding hydrogens is 436 g/mol. The summed E-state index contributed by atoms with van der Waals surface area (Å²) in [6, 6.07) is 7.90. The highest BCUT2D eigenvalue weighted by Gasteiger charge is 2.37. The zero-order valence-corrected chi connectivity index (χ0v) is 21.1. The summed E-state index contributed by atoms with van der Waals surface area (Å²) in [6.45, 7) is 9.47. The van der Waals surface area contributed by atoms with Gasteiger partial charge < -0.3 is 19.8 Å². The Kier molecular flexibility index (Phi) is 9.02. The standard InChI is InChI=1S/C26H38N2O4S/c1-26(2,3)33-14-12-28-11-8-20(18(17-28)15-25(30)31)22(9-13-29)21-7-10-27-24-6-5-19(32-4)16-23(21)24/h5-7,10,16,18,20,22,29H,8-9,11-15,17H2,1-4H3,(H,30,31)/t18-,20-,22?/m0/s1. The number of hydrogen-bond acceptors (Lipinski definition) is 6. The summed E-state index contributed by atoms with van der Waals surface area (Å²) in [6.07, 6.45) is 3.51. The molecule has 0 spiro atoms. The minimum Gasteiger partial charge on any atom is -0.497 e. The number of aromatic nitrogens is 1. The van der Waals surface area contributed by atoms with E-state index in [9.17, 15) is 15.0 Å². The molecule has 0 amide bonds. The quantitative estimate of drug-likeness (QED) is 0.518. The van der Waals surface area contributed by atoms with Gasteiger partial charge in [0.25, 0.3) is 0 Å². The van der Waals surface area contributed by atoms with Crippen molar-refractivity contribution in [2.24, 2.45) is 11.8 Å². The second-order valence-corrected chi connectivity index (χ2v) is 11.9. The van der Waals surface area contributed by atoms with Gasteiger partial charge in [0.05, 0.1) is 12.6 Å². The van der Waals surface area contributed by atoms with Crippen molar-refractivity contribution >= 4 is 28.6 Å². The van der Waals surface area contributed by atoms with E-state index in [1.807, 2.05) is 42.2 Å². The maximum Gasteiger partial charge on any atom is 0.303 e. The number of carboxylic acids is 1. The van der Waals surface area contributed by atoms with Gasteiger partial charge in [-0.25, -0.2) is 0 Å². The predicted molar refractivity (Wildman–Crippen MR) is 135 cm³/mol. The number of rotatable bonds is 10. The van der Waals surface area contributed by atoms with Crippen molar-refractivity contribution < 1.29 is 19.7 Å². The molecule has 2 aromatic rings. The maximum atomic E-state index is 11.8. The number of carbonyl (C=O) groups is 1. The maximum absolute atomic E-state index is 11.8. The predicted octanol–water partition coefficient (Wildman–Crippen LogP) is 4.65. The molecule has 1 unspecified atom stereocenters. The molecule has 1 aliphatic rings. The monoisotopic (exact) mass is 474 g/mol. The Morgan fingerprint density at radius 3 is 2.79 bits per heavy atom. The molecule has 0 aliphatic carbocycles. The number of aliphatic carboxylic acids is 1. The number of ether oxygens (including phenoxy) is 1. The molecule has 2 heterocycles. The summed E-state index contributed by atoms with van der Waals surface area (Å²) in [7, 11) is 1.65. The highest BCUT2D eigenvalue weighted by atomic mass is 32.2. The first kappa shape index (κ1) is 25.8. The summed E-state index contributed by atoms with van der Waals surface area (Å²) < 4.78 is 5.68. The number of methoxy groups -OCH3 is 1. The molecule has 1 saturated heterocycles. The van der Waals surface area contributed by atoms with Crippen LogP contribution in [0.25, 0.3) is 10.9 Å². The van der Waals surface area contributed by atoms with E-state index in [0.29, 0.717) is 6.42 Å². The highest BCUT2D eigenvalue weighted by Crippen LogP contribution is 2.42. The number of likely N-dealkylation sites (tertiary alicyclic amines) is 1. The molecule has 2 N–H and O–H groups in total. The lowest BCUT2D eigenvalue weighted by molar-refractivity contribution is -0.139. The molecule has 1 aromatic heterocycles. The lowest BCUT2D eigenvalue weighted by atomic mass is 9.71. The minimum absolute atomic E-state index is 0.0428. The van der Waals surface area contributed by atoms with Gasteiger partial charge in [-0.1, -0.05) is 20.8 Å². The Morgan fingerprint density at radius 1 is 1.33 bits per heavy atom. The van der Waals surface area contributed by atoms with Gasteiger partial charge in [-0.2, -0.15) is 11.8 Å². The number of thioether (sulfide) groups is 1. The van der Waals surface area contributed by atoms with E-state index in [4.69, 9.17) is 4.74 Å². The molecular formula is C26H38N2O4S. The third kappa shape index (κ3) is 7.08. The Labute approximate surface area is 201 Å². The number of aliphatic hydroxyl groups is 1. The molecule has 33 heavy (non-hydrogen) atoms. The molecule has 1 aromatic carbocycles. The van der Waals surface area contributed by atoms with E-state index in [0.717, 1.165) is 54.0 Å². The first-order valence-electron chi connectivity index (χ1n) is 11.8. The largest absolute Gasteiger partial charge is 0.497 e. The third-order valence-electron chi connectivity index (χ3n) is 6.60. The van der Waals surface area contributed by atoms with E-state index < -0.39 is 5.97 Å². The zero-order chi connectivity index (χ0) is 24.0. The van der Waals surface area contributed by atoms with Crippen LogP contribution in [0, 0.1) is 11.8 Å². The van der Waals surface area contributed by atoms with Gasteiger partial charge in [0.15, 0.2) is 0 Å². The van der Waals surface area contributed by atoms with Crippen LogP contribution in [0.1, 0.15) is 51.5 Å². The average molecular weight is 475 g/mol. The number of piperidine rings is 1. The van der Waals surface area contributed by atoms with Crippen molar-refractivity contribution in [3.05, 3.63) is 36.0 Å². The summed E-state index contributed by atoms with van der Waals surface area (Å²) in [4.78, 5) is 18.7. The normalized spacial score (nSPS) is 20.6. The number of pyridine rings is 1. The van der Waals surface area contributed by atoms with Crippen LogP contribution < -0.4 is 4.74 Å². The number of nitrogens with zero attached hydrogens (tertiary/aromatic N) is 2. The number of hydrogen-bond donors (Lipinski definition) is 2. The average Bonchev–Trinajstić information content (AvgIpc) is 2.76. The Balaban J connectivity index is 1.87. The molecule has 0 radical (unpaired) electrons. The molecule has 0 saturated carbocycles. The Hall–Kier alpha value is -1.83. The van der Waals surface area contributed by atoms with E-state index in [-0.39, 0.29) is 35.5 Å². The zero-order valence-electron chi connectivity index (χ0n) is 20.3. The van der Waals surface area contributed by atoms with Gasteiger partial charge in [0, 0.05) is 48.2 Å². The van der Waals surface area contributed by atoms with Crippen LogP contribution in [0.2, 0.25) is 0 Å². The third-order valence-corrected chi connectivity index (χ3v) is 7.85. The lowest BCUT2D eigenvalue weighted by Crippen LogP contribution is -2.44. The van der Waals surface area contributed by atoms with Crippen LogP contribution in [0.4, 0.5) is 0 Å². The first-order valence-corrected chi connectivity index (χ1v) is 12.8. The van der Waals surface area contributed by atoms with Crippen LogP contribution in [-0.4, -0.2) is 69.9 Å². The van der Waals surface area contributed by atoms with Gasteiger partial charge in [0.1, 0.15) is 5.75 Å². The molecule has 3 atom stereocenters. The Bertz CT molecular complexity index is 930. The van der Waals surface area contributed by atoms with E-state index >= 15 is 0 Å². The summed E-state index contributed by atoms with van der Waals surface area (Å²) in [5, 5.41) is 20.6. The van der Waals surface area contributed by atoms with Crippen LogP contribution >= 0.6 is 11.8 Å². The van der Waals surface area contributed by atoms with Crippen molar-refractivity contribution in [1.82, 2.24) is 9.88 Å². The van der Waals surface area contributed by atoms with Gasteiger partial charge in [-0.05, 0) is 67.0 Å². The van der Waals surface area contributed by atoms with Crippen molar-refractivity contribution in [3.63, 3.8) is 0 Å². The number of benzene rings is 1. The first-order chi connectivity index (χ1) is 15.7. The van der Waals surface area contributed by atoms with Crippen LogP contribution in [0.3, 0.4) is 0 Å². The Morgan fingerprint density at radius 2 is 2.12 bits per heavy atom. The van der Waals surface area contributed by atoms with Gasteiger partial charge in [-0.15, -0.1) is 0 Å². The SMILES string of the molecule is COc1ccc2nccc(C(CCO)[C@H]3CCN(CCSC(C)(C)C)C[C@@H]3CC(=O)O)c2c1. The molecule has 0 bridgehead atoms. The second kappa shape index (κ2) is 11.5. The lowest BCUT2D eigenvalue weighted by Gasteiger charge is -2.42. The van der Waals surface area contributed by atoms with E-state index in [1.54, 1.807) is 7.11 Å². The number of aliphatic hydroxyl groups excluding tert-OH is 1. The molecule has 7 heteroatoms. The van der Waals surface area contributed by atoms with E-state index in [2.05, 4.69) is 30.7 Å². The van der Waals surface area contributed by atoms with Crippen LogP contribution in [-0.2, 0) is 4.79 Å². The number of carboxylic acid groups (broad SMARTS) is 1. The smallest absolute Gasteiger partial charge is 0.303 e. The van der Waals surface area contributed by atoms with Gasteiger partial charge >= 0.3 is 5.97 Å². The fraction of sp³-hybridized carbons (Fsp3) is 0.615. The van der Waals surface area contributed by atoms with Crippen LogP contribution in [0.5, 0.6) is 5.75 Å². The number of fused-ring (bicyclic) bond motifs is 1.